The van der Waals surface area contributed by atoms with Crippen molar-refractivity contribution in [1.82, 2.24) is 0 Å². The predicted molar refractivity (Wildman–Crippen MR) is 81.7 cm³/mol. The molecule has 20 heavy (non-hydrogen) atoms. The van der Waals surface area contributed by atoms with Gasteiger partial charge in [0.2, 0.25) is 6.54 Å². The molecule has 0 aliphatic heterocycles. The summed E-state index contributed by atoms with van der Waals surface area (Å²) < 4.78 is 5.95. The van der Waals surface area contributed by atoms with Gasteiger partial charge < -0.3 is 9.58 Å². The van der Waals surface area contributed by atoms with E-state index in [9.17, 15) is 0 Å². The molecule has 0 heterocycles. The van der Waals surface area contributed by atoms with E-state index in [1.807, 2.05) is 36.4 Å². The number of hydrogen-bond donors (Lipinski definition) is 0. The van der Waals surface area contributed by atoms with Crippen LogP contribution in [0.1, 0.15) is 30.4 Å². The molecule has 0 bridgehead atoms. The first-order chi connectivity index (χ1) is 9.85. The molecule has 2 aromatic rings. The fraction of sp³-hybridized carbons (Fsp3) is 0.278. The fourth-order valence-corrected chi connectivity index (χ4v) is 2.24. The van der Waals surface area contributed by atoms with Gasteiger partial charge in [-0.15, -0.1) is 0 Å². The summed E-state index contributed by atoms with van der Waals surface area (Å²) in [5.74, 6) is 1.14. The average Bonchev–Trinajstić information content (AvgIpc) is 2.52. The summed E-state index contributed by atoms with van der Waals surface area (Å²) in [4.78, 5) is 3.54. The Balaban J connectivity index is 2.13. The van der Waals surface area contributed by atoms with Gasteiger partial charge in [0, 0.05) is 5.56 Å². The van der Waals surface area contributed by atoms with E-state index in [1.165, 1.54) is 0 Å². The number of rotatable bonds is 6. The monoisotopic (exact) mass is 265 g/mol. The van der Waals surface area contributed by atoms with Crippen molar-refractivity contribution < 1.29 is 4.74 Å². The molecule has 0 amide bonds. The second-order valence-corrected chi connectivity index (χ2v) is 4.76. The Kier molecular flexibility index (Phi) is 5.20. The van der Waals surface area contributed by atoms with E-state index in [2.05, 4.69) is 30.0 Å². The summed E-state index contributed by atoms with van der Waals surface area (Å²) in [6, 6.07) is 18.2. The van der Waals surface area contributed by atoms with Crippen molar-refractivity contribution in [2.24, 2.45) is 0 Å². The van der Waals surface area contributed by atoms with Gasteiger partial charge in [-0.2, -0.15) is 0 Å². The van der Waals surface area contributed by atoms with Crippen LogP contribution in [0.5, 0.6) is 5.75 Å². The summed E-state index contributed by atoms with van der Waals surface area (Å²) in [6.07, 6.45) is 0.952. The second-order valence-electron chi connectivity index (χ2n) is 4.76. The second kappa shape index (κ2) is 7.35. The van der Waals surface area contributed by atoms with Crippen LogP contribution in [0.25, 0.3) is 4.85 Å². The normalized spacial score (nSPS) is 11.6. The van der Waals surface area contributed by atoms with Gasteiger partial charge in [-0.25, -0.2) is 6.57 Å². The van der Waals surface area contributed by atoms with Crippen molar-refractivity contribution >= 4 is 0 Å². The highest BCUT2D eigenvalue weighted by molar-refractivity contribution is 5.37. The minimum absolute atomic E-state index is 0.250. The molecule has 0 aliphatic carbocycles. The SMILES string of the molecule is [C-]#[N+]C[C@@H](CC)c1ccccc1OCc1ccccc1. The van der Waals surface area contributed by atoms with Crippen molar-refractivity contribution in [3.8, 4) is 5.75 Å². The lowest BCUT2D eigenvalue weighted by molar-refractivity contribution is 0.301. The Labute approximate surface area is 120 Å². The van der Waals surface area contributed by atoms with Gasteiger partial charge in [0.1, 0.15) is 12.4 Å². The lowest BCUT2D eigenvalue weighted by atomic mass is 9.96. The zero-order valence-corrected chi connectivity index (χ0v) is 11.8. The molecule has 0 radical (unpaired) electrons. The van der Waals surface area contributed by atoms with Crippen LogP contribution in [-0.4, -0.2) is 6.54 Å². The number of ether oxygens (including phenoxy) is 1. The third kappa shape index (κ3) is 3.61. The quantitative estimate of drug-likeness (QED) is 0.691. The number of hydrogen-bond acceptors (Lipinski definition) is 1. The molecular weight excluding hydrogens is 246 g/mol. The van der Waals surface area contributed by atoms with Crippen molar-refractivity contribution in [3.05, 3.63) is 77.1 Å². The lowest BCUT2D eigenvalue weighted by Gasteiger charge is -2.15. The maximum Gasteiger partial charge on any atom is 0.221 e. The van der Waals surface area contributed by atoms with E-state index in [4.69, 9.17) is 11.3 Å². The Morgan fingerprint density at radius 2 is 1.75 bits per heavy atom. The molecule has 2 nitrogen and oxygen atoms in total. The van der Waals surface area contributed by atoms with Crippen LogP contribution in [0.15, 0.2) is 54.6 Å². The fourth-order valence-electron chi connectivity index (χ4n) is 2.24. The molecule has 0 unspecified atom stereocenters. The van der Waals surface area contributed by atoms with Crippen molar-refractivity contribution in [2.45, 2.75) is 25.9 Å². The summed E-state index contributed by atoms with van der Waals surface area (Å²) in [6.45, 7) is 10.3. The molecule has 2 aromatic carbocycles. The van der Waals surface area contributed by atoms with Crippen molar-refractivity contribution in [1.29, 1.82) is 0 Å². The molecule has 2 rings (SSSR count). The van der Waals surface area contributed by atoms with E-state index < -0.39 is 0 Å². The van der Waals surface area contributed by atoms with Crippen LogP contribution < -0.4 is 4.74 Å². The largest absolute Gasteiger partial charge is 0.489 e. The van der Waals surface area contributed by atoms with Gasteiger partial charge >= 0.3 is 0 Å². The molecule has 0 aliphatic rings. The first-order valence-electron chi connectivity index (χ1n) is 6.94. The Bertz CT molecular complexity index is 571. The maximum atomic E-state index is 7.08. The minimum atomic E-state index is 0.250. The molecule has 0 N–H and O–H groups in total. The van der Waals surface area contributed by atoms with Crippen molar-refractivity contribution in [2.75, 3.05) is 6.54 Å². The van der Waals surface area contributed by atoms with E-state index >= 15 is 0 Å². The van der Waals surface area contributed by atoms with Crippen LogP contribution in [-0.2, 0) is 6.61 Å². The molecule has 102 valence electrons. The highest BCUT2D eigenvalue weighted by Crippen LogP contribution is 2.29. The molecule has 0 saturated carbocycles. The standard InChI is InChI=1S/C18H19NO/c1-3-16(13-19-2)17-11-7-8-12-18(17)20-14-15-9-5-4-6-10-15/h4-12,16H,3,13-14H2,1H3/t16-/m1/s1. The van der Waals surface area contributed by atoms with Gasteiger partial charge in [0.25, 0.3) is 0 Å². The van der Waals surface area contributed by atoms with E-state index in [1.54, 1.807) is 0 Å². The van der Waals surface area contributed by atoms with Gasteiger partial charge in [0.05, 0.1) is 5.92 Å². The topological polar surface area (TPSA) is 13.6 Å². The van der Waals surface area contributed by atoms with Crippen LogP contribution in [0.2, 0.25) is 0 Å². The highest BCUT2D eigenvalue weighted by Gasteiger charge is 2.16. The van der Waals surface area contributed by atoms with Gasteiger partial charge in [-0.1, -0.05) is 55.5 Å². The molecule has 0 aromatic heterocycles. The maximum absolute atomic E-state index is 7.08. The lowest BCUT2D eigenvalue weighted by Crippen LogP contribution is -2.05. The molecule has 0 spiro atoms. The number of nitrogens with zero attached hydrogens (tertiary/aromatic N) is 1. The highest BCUT2D eigenvalue weighted by atomic mass is 16.5. The zero-order valence-electron chi connectivity index (χ0n) is 11.8. The smallest absolute Gasteiger partial charge is 0.221 e. The summed E-state index contributed by atoms with van der Waals surface area (Å²) in [7, 11) is 0. The third-order valence-corrected chi connectivity index (χ3v) is 3.40. The number of benzene rings is 2. The van der Waals surface area contributed by atoms with Crippen LogP contribution in [0, 0.1) is 6.57 Å². The number of para-hydroxylation sites is 1. The van der Waals surface area contributed by atoms with E-state index in [0.717, 1.165) is 23.3 Å². The summed E-state index contributed by atoms with van der Waals surface area (Å²) in [5.41, 5.74) is 2.29. The first-order valence-corrected chi connectivity index (χ1v) is 6.94. The van der Waals surface area contributed by atoms with Crippen LogP contribution in [0.4, 0.5) is 0 Å². The van der Waals surface area contributed by atoms with E-state index in [-0.39, 0.29) is 5.92 Å². The predicted octanol–water partition coefficient (Wildman–Crippen LogP) is 4.68. The van der Waals surface area contributed by atoms with Gasteiger partial charge in [-0.3, -0.25) is 0 Å². The molecule has 2 heteroatoms. The molecule has 1 atom stereocenters. The van der Waals surface area contributed by atoms with E-state index in [0.29, 0.717) is 13.2 Å². The average molecular weight is 265 g/mol. The van der Waals surface area contributed by atoms with Crippen molar-refractivity contribution in [3.63, 3.8) is 0 Å². The summed E-state index contributed by atoms with van der Waals surface area (Å²) >= 11 is 0. The third-order valence-electron chi connectivity index (χ3n) is 3.40. The van der Waals surface area contributed by atoms with Gasteiger partial charge in [-0.05, 0) is 18.1 Å². The molecule has 0 saturated heterocycles. The summed E-state index contributed by atoms with van der Waals surface area (Å²) in [5, 5.41) is 0. The Hall–Kier alpha value is -2.27. The zero-order chi connectivity index (χ0) is 14.2. The first kappa shape index (κ1) is 14.1. The molecule has 0 fully saturated rings. The van der Waals surface area contributed by atoms with Crippen LogP contribution >= 0.6 is 0 Å². The Morgan fingerprint density at radius 1 is 1.05 bits per heavy atom. The molecular formula is C18H19NO. The Morgan fingerprint density at radius 3 is 2.45 bits per heavy atom. The van der Waals surface area contributed by atoms with Crippen LogP contribution in [0.3, 0.4) is 0 Å². The minimum Gasteiger partial charge on any atom is -0.489 e. The van der Waals surface area contributed by atoms with Gasteiger partial charge in [0.15, 0.2) is 0 Å².